The van der Waals surface area contributed by atoms with E-state index in [-0.39, 0.29) is 0 Å². The van der Waals surface area contributed by atoms with Gasteiger partial charge < -0.3 is 5.11 Å². The molecule has 2 aromatic carbocycles. The quantitative estimate of drug-likeness (QED) is 0.723. The molecule has 2 aromatic rings. The van der Waals surface area contributed by atoms with Crippen LogP contribution in [0, 0.1) is 13.8 Å². The fourth-order valence-corrected chi connectivity index (χ4v) is 3.01. The van der Waals surface area contributed by atoms with Crippen molar-refractivity contribution >= 4 is 0 Å². The molecule has 0 saturated heterocycles. The molecule has 2 heteroatoms. The second-order valence-electron chi connectivity index (χ2n) is 7.32. The highest BCUT2D eigenvalue weighted by molar-refractivity contribution is 5.35. The Morgan fingerprint density at radius 3 is 1.92 bits per heavy atom. The minimum absolute atomic E-state index is 0.432. The van der Waals surface area contributed by atoms with E-state index in [1.165, 1.54) is 11.1 Å². The Labute approximate surface area is 154 Å². The van der Waals surface area contributed by atoms with Gasteiger partial charge in [0.2, 0.25) is 0 Å². The van der Waals surface area contributed by atoms with E-state index in [2.05, 4.69) is 64.6 Å². The molecule has 0 bridgehead atoms. The van der Waals surface area contributed by atoms with Gasteiger partial charge in [-0.15, -0.1) is 0 Å². The number of benzene rings is 2. The lowest BCUT2D eigenvalue weighted by molar-refractivity contribution is 0.173. The van der Waals surface area contributed by atoms with Crippen molar-refractivity contribution < 1.29 is 5.11 Å². The number of phenolic OH excluding ortho intramolecular Hbond substituents is 1. The molecule has 2 rings (SSSR count). The summed E-state index contributed by atoms with van der Waals surface area (Å²) in [5.41, 5.74) is 3.61. The van der Waals surface area contributed by atoms with Gasteiger partial charge in [0, 0.05) is 12.1 Å². The van der Waals surface area contributed by atoms with Gasteiger partial charge in [-0.3, -0.25) is 4.90 Å². The Kier molecular flexibility index (Phi) is 9.30. The van der Waals surface area contributed by atoms with Crippen molar-refractivity contribution in [3.63, 3.8) is 0 Å². The second kappa shape index (κ2) is 10.9. The summed E-state index contributed by atoms with van der Waals surface area (Å²) in [5.74, 6) is 0.432. The lowest BCUT2D eigenvalue weighted by Crippen LogP contribution is -2.37. The van der Waals surface area contributed by atoms with Gasteiger partial charge in [0.25, 0.3) is 0 Å². The Balaban J connectivity index is 0.000000370. The molecule has 0 radical (unpaired) electrons. The molecule has 0 aromatic heterocycles. The third-order valence-corrected chi connectivity index (χ3v) is 4.36. The first-order valence-electron chi connectivity index (χ1n) is 9.37. The van der Waals surface area contributed by atoms with Crippen molar-refractivity contribution in [1.29, 1.82) is 0 Å². The molecule has 2 nitrogen and oxygen atoms in total. The first-order valence-corrected chi connectivity index (χ1v) is 9.37. The largest absolute Gasteiger partial charge is 0.508 e. The minimum atomic E-state index is 0.432. The second-order valence-corrected chi connectivity index (χ2v) is 7.32. The maximum Gasteiger partial charge on any atom is 0.118 e. The van der Waals surface area contributed by atoms with E-state index in [0.717, 1.165) is 24.9 Å². The summed E-state index contributed by atoms with van der Waals surface area (Å²) in [6.45, 7) is 14.2. The predicted octanol–water partition coefficient (Wildman–Crippen LogP) is 5.75. The summed E-state index contributed by atoms with van der Waals surface area (Å²) >= 11 is 0. The third kappa shape index (κ3) is 8.22. The normalized spacial score (nSPS) is 10.9. The SMILES string of the molecule is Cc1ccc(O)c(CCCN(C(C)C)C(C)C)c1.Cc1ccccc1. The van der Waals surface area contributed by atoms with Crippen LogP contribution < -0.4 is 0 Å². The Hall–Kier alpha value is -1.80. The number of hydrogen-bond acceptors (Lipinski definition) is 2. The van der Waals surface area contributed by atoms with Crippen LogP contribution in [0.3, 0.4) is 0 Å². The van der Waals surface area contributed by atoms with Gasteiger partial charge in [-0.25, -0.2) is 0 Å². The summed E-state index contributed by atoms with van der Waals surface area (Å²) in [6.07, 6.45) is 2.04. The maximum absolute atomic E-state index is 9.80. The van der Waals surface area contributed by atoms with E-state index in [0.29, 0.717) is 17.8 Å². The van der Waals surface area contributed by atoms with Gasteiger partial charge in [-0.1, -0.05) is 53.6 Å². The van der Waals surface area contributed by atoms with E-state index < -0.39 is 0 Å². The Morgan fingerprint density at radius 2 is 1.44 bits per heavy atom. The smallest absolute Gasteiger partial charge is 0.118 e. The van der Waals surface area contributed by atoms with Gasteiger partial charge in [-0.05, 0) is 72.6 Å². The van der Waals surface area contributed by atoms with Gasteiger partial charge in [0.1, 0.15) is 5.75 Å². The number of nitrogens with zero attached hydrogens (tertiary/aromatic N) is 1. The highest BCUT2D eigenvalue weighted by Crippen LogP contribution is 2.20. The van der Waals surface area contributed by atoms with Crippen LogP contribution in [0.2, 0.25) is 0 Å². The highest BCUT2D eigenvalue weighted by atomic mass is 16.3. The van der Waals surface area contributed by atoms with Crippen molar-refractivity contribution in [3.8, 4) is 5.75 Å². The van der Waals surface area contributed by atoms with Crippen LogP contribution in [0.25, 0.3) is 0 Å². The van der Waals surface area contributed by atoms with Gasteiger partial charge in [-0.2, -0.15) is 0 Å². The molecule has 0 aliphatic carbocycles. The molecule has 0 atom stereocenters. The monoisotopic (exact) mass is 341 g/mol. The fraction of sp³-hybridized carbons (Fsp3) is 0.478. The number of phenols is 1. The van der Waals surface area contributed by atoms with Crippen LogP contribution in [0.15, 0.2) is 48.5 Å². The molecule has 1 N–H and O–H groups in total. The van der Waals surface area contributed by atoms with Crippen LogP contribution in [0.5, 0.6) is 5.75 Å². The number of aromatic hydroxyl groups is 1. The van der Waals surface area contributed by atoms with Gasteiger partial charge in [0.15, 0.2) is 0 Å². The average molecular weight is 342 g/mol. The molecule has 0 aliphatic rings. The zero-order chi connectivity index (χ0) is 18.8. The number of aryl methyl sites for hydroxylation is 3. The lowest BCUT2D eigenvalue weighted by atomic mass is 10.0. The number of rotatable bonds is 6. The molecule has 138 valence electrons. The predicted molar refractivity (Wildman–Crippen MR) is 109 cm³/mol. The van der Waals surface area contributed by atoms with Crippen molar-refractivity contribution in [1.82, 2.24) is 4.90 Å². The van der Waals surface area contributed by atoms with Crippen LogP contribution in [0.1, 0.15) is 50.8 Å². The third-order valence-electron chi connectivity index (χ3n) is 4.36. The number of hydrogen-bond donors (Lipinski definition) is 1. The Bertz CT molecular complexity index is 597. The molecule has 0 amide bonds. The standard InChI is InChI=1S/C16H27NO.C7H8/c1-12(2)17(13(3)4)10-6-7-15-11-14(5)8-9-16(15)18;1-7-5-3-2-4-6-7/h8-9,11-13,18H,6-7,10H2,1-5H3;2-6H,1H3. The summed E-state index contributed by atoms with van der Waals surface area (Å²) in [6, 6.07) is 17.3. The van der Waals surface area contributed by atoms with E-state index >= 15 is 0 Å². The average Bonchev–Trinajstić information content (AvgIpc) is 2.55. The zero-order valence-electron chi connectivity index (χ0n) is 16.8. The van der Waals surface area contributed by atoms with Crippen molar-refractivity contribution in [2.24, 2.45) is 0 Å². The van der Waals surface area contributed by atoms with Gasteiger partial charge >= 0.3 is 0 Å². The van der Waals surface area contributed by atoms with Crippen LogP contribution >= 0.6 is 0 Å². The van der Waals surface area contributed by atoms with Gasteiger partial charge in [0.05, 0.1) is 0 Å². The molecule has 25 heavy (non-hydrogen) atoms. The van der Waals surface area contributed by atoms with Crippen LogP contribution in [-0.2, 0) is 6.42 Å². The first kappa shape index (κ1) is 21.2. The molecule has 0 heterocycles. The van der Waals surface area contributed by atoms with Crippen LogP contribution in [-0.4, -0.2) is 28.6 Å². The minimum Gasteiger partial charge on any atom is -0.508 e. The molecule has 0 unspecified atom stereocenters. The van der Waals surface area contributed by atoms with Crippen LogP contribution in [0.4, 0.5) is 0 Å². The highest BCUT2D eigenvalue weighted by Gasteiger charge is 2.12. The molecule has 0 spiro atoms. The molecular weight excluding hydrogens is 306 g/mol. The summed E-state index contributed by atoms with van der Waals surface area (Å²) in [7, 11) is 0. The first-order chi connectivity index (χ1) is 11.8. The van der Waals surface area contributed by atoms with E-state index in [9.17, 15) is 5.11 Å². The molecular formula is C23H35NO. The summed E-state index contributed by atoms with van der Waals surface area (Å²) in [4.78, 5) is 2.49. The van der Waals surface area contributed by atoms with Crippen molar-refractivity contribution in [3.05, 3.63) is 65.2 Å². The molecule has 0 aliphatic heterocycles. The lowest BCUT2D eigenvalue weighted by Gasteiger charge is -2.30. The van der Waals surface area contributed by atoms with Crippen molar-refractivity contribution in [2.45, 2.75) is 66.5 Å². The summed E-state index contributed by atoms with van der Waals surface area (Å²) < 4.78 is 0. The summed E-state index contributed by atoms with van der Waals surface area (Å²) in [5, 5.41) is 9.80. The Morgan fingerprint density at radius 1 is 0.840 bits per heavy atom. The topological polar surface area (TPSA) is 23.5 Å². The van der Waals surface area contributed by atoms with E-state index in [1.54, 1.807) is 6.07 Å². The zero-order valence-corrected chi connectivity index (χ0v) is 16.8. The molecule has 0 saturated carbocycles. The van der Waals surface area contributed by atoms with E-state index in [4.69, 9.17) is 0 Å². The maximum atomic E-state index is 9.80. The van der Waals surface area contributed by atoms with Crippen molar-refractivity contribution in [2.75, 3.05) is 6.54 Å². The van der Waals surface area contributed by atoms with E-state index in [1.807, 2.05) is 24.3 Å². The fourth-order valence-electron chi connectivity index (χ4n) is 3.01. The molecule has 0 fully saturated rings.